The van der Waals surface area contributed by atoms with Crippen LogP contribution in [-0.4, -0.2) is 60.2 Å². The maximum absolute atomic E-state index is 12.9. The van der Waals surface area contributed by atoms with Gasteiger partial charge in [0, 0.05) is 44.8 Å². The average Bonchev–Trinajstić information content (AvgIpc) is 2.89. The predicted octanol–water partition coefficient (Wildman–Crippen LogP) is 2.82. The Morgan fingerprint density at radius 2 is 1.74 bits per heavy atom. The Hall–Kier alpha value is -1.79. The molecule has 1 atom stereocenters. The van der Waals surface area contributed by atoms with Crippen LogP contribution in [0.5, 0.6) is 0 Å². The van der Waals surface area contributed by atoms with E-state index in [1.54, 1.807) is 32.9 Å². The van der Waals surface area contributed by atoms with Gasteiger partial charge in [0.1, 0.15) is 5.92 Å². The van der Waals surface area contributed by atoms with E-state index in [4.69, 9.17) is 23.2 Å². The minimum atomic E-state index is -0.673. The largest absolute Gasteiger partial charge is 0.341 e. The van der Waals surface area contributed by atoms with Gasteiger partial charge in [0.15, 0.2) is 0 Å². The number of rotatable bonds is 3. The van der Waals surface area contributed by atoms with Crippen LogP contribution in [0.4, 0.5) is 5.69 Å². The lowest BCUT2D eigenvalue weighted by Crippen LogP contribution is -2.42. The van der Waals surface area contributed by atoms with Crippen molar-refractivity contribution in [2.24, 2.45) is 5.92 Å². The van der Waals surface area contributed by atoms with E-state index in [1.165, 1.54) is 0 Å². The van der Waals surface area contributed by atoms with Gasteiger partial charge in [-0.2, -0.15) is 0 Å². The Kier molecular flexibility index (Phi) is 6.27. The molecule has 0 N–H and O–H groups in total. The zero-order chi connectivity index (χ0) is 19.6. The maximum atomic E-state index is 12.9. The zero-order valence-electron chi connectivity index (χ0n) is 15.3. The Labute approximate surface area is 169 Å². The summed E-state index contributed by atoms with van der Waals surface area (Å²) in [4.78, 5) is 42.8. The summed E-state index contributed by atoms with van der Waals surface area (Å²) in [7, 11) is 0. The summed E-state index contributed by atoms with van der Waals surface area (Å²) < 4.78 is 0. The molecule has 6 nitrogen and oxygen atoms in total. The number of nitrogens with zero attached hydrogens (tertiary/aromatic N) is 3. The molecule has 0 spiro atoms. The molecular formula is C19H23Cl2N3O3. The number of hydrogen-bond donors (Lipinski definition) is 0. The first-order valence-electron chi connectivity index (χ1n) is 9.25. The number of benzene rings is 1. The molecule has 2 saturated heterocycles. The van der Waals surface area contributed by atoms with Crippen LogP contribution in [0.1, 0.15) is 26.2 Å². The fourth-order valence-electron chi connectivity index (χ4n) is 3.65. The van der Waals surface area contributed by atoms with E-state index in [-0.39, 0.29) is 17.7 Å². The van der Waals surface area contributed by atoms with Crippen LogP contribution in [0.2, 0.25) is 10.0 Å². The monoisotopic (exact) mass is 411 g/mol. The third kappa shape index (κ3) is 4.22. The third-order valence-electron chi connectivity index (χ3n) is 5.18. The van der Waals surface area contributed by atoms with Crippen molar-refractivity contribution in [3.63, 3.8) is 0 Å². The van der Waals surface area contributed by atoms with Crippen molar-refractivity contribution in [2.45, 2.75) is 26.2 Å². The molecule has 0 bridgehead atoms. The summed E-state index contributed by atoms with van der Waals surface area (Å²) in [6.45, 7) is 4.54. The highest BCUT2D eigenvalue weighted by molar-refractivity contribution is 6.42. The molecular weight excluding hydrogens is 389 g/mol. The van der Waals surface area contributed by atoms with Crippen LogP contribution in [0.25, 0.3) is 0 Å². The van der Waals surface area contributed by atoms with Gasteiger partial charge in [0.25, 0.3) is 0 Å². The number of anilines is 1. The molecule has 3 amide bonds. The molecule has 27 heavy (non-hydrogen) atoms. The van der Waals surface area contributed by atoms with Gasteiger partial charge in [-0.1, -0.05) is 30.1 Å². The van der Waals surface area contributed by atoms with Gasteiger partial charge in [0.05, 0.1) is 10.0 Å². The van der Waals surface area contributed by atoms with E-state index >= 15 is 0 Å². The molecule has 1 unspecified atom stereocenters. The highest BCUT2D eigenvalue weighted by atomic mass is 35.5. The van der Waals surface area contributed by atoms with Gasteiger partial charge in [0.2, 0.25) is 17.7 Å². The molecule has 0 aromatic heterocycles. The second-order valence-corrected chi connectivity index (χ2v) is 7.66. The number of amides is 3. The number of carbonyl (C=O) groups is 3. The summed E-state index contributed by atoms with van der Waals surface area (Å²) in [6.07, 6.45) is 1.68. The Bertz CT molecular complexity index is 756. The van der Waals surface area contributed by atoms with Crippen LogP contribution in [0, 0.1) is 5.92 Å². The van der Waals surface area contributed by atoms with Crippen molar-refractivity contribution < 1.29 is 14.4 Å². The molecule has 1 aromatic carbocycles. The lowest BCUT2D eigenvalue weighted by atomic mass is 10.1. The van der Waals surface area contributed by atoms with E-state index < -0.39 is 5.92 Å². The molecule has 0 saturated carbocycles. The molecule has 2 aliphatic rings. The number of carbonyl (C=O) groups excluding carboxylic acids is 3. The van der Waals surface area contributed by atoms with E-state index in [1.807, 2.05) is 6.92 Å². The highest BCUT2D eigenvalue weighted by Crippen LogP contribution is 2.31. The van der Waals surface area contributed by atoms with Gasteiger partial charge < -0.3 is 14.7 Å². The van der Waals surface area contributed by atoms with Crippen molar-refractivity contribution in [1.29, 1.82) is 0 Å². The van der Waals surface area contributed by atoms with E-state index in [0.29, 0.717) is 61.3 Å². The lowest BCUT2D eigenvalue weighted by Gasteiger charge is -2.24. The van der Waals surface area contributed by atoms with Gasteiger partial charge >= 0.3 is 0 Å². The van der Waals surface area contributed by atoms with E-state index in [9.17, 15) is 14.4 Å². The van der Waals surface area contributed by atoms with Crippen LogP contribution in [0.15, 0.2) is 18.2 Å². The van der Waals surface area contributed by atoms with Crippen LogP contribution < -0.4 is 4.90 Å². The SMILES string of the molecule is CCC(=O)N1CCCN(C(=O)C2CCN(c3ccc(Cl)c(Cl)c3)C2=O)CC1. The molecule has 2 aliphatic heterocycles. The summed E-state index contributed by atoms with van der Waals surface area (Å²) in [5.41, 5.74) is 0.653. The van der Waals surface area contributed by atoms with Crippen molar-refractivity contribution in [3.8, 4) is 0 Å². The zero-order valence-corrected chi connectivity index (χ0v) is 16.8. The smallest absolute Gasteiger partial charge is 0.239 e. The quantitative estimate of drug-likeness (QED) is 0.718. The third-order valence-corrected chi connectivity index (χ3v) is 5.92. The topological polar surface area (TPSA) is 60.9 Å². The van der Waals surface area contributed by atoms with Gasteiger partial charge in [-0.25, -0.2) is 0 Å². The van der Waals surface area contributed by atoms with Crippen molar-refractivity contribution in [1.82, 2.24) is 9.80 Å². The molecule has 8 heteroatoms. The molecule has 3 rings (SSSR count). The number of hydrogen-bond acceptors (Lipinski definition) is 3. The van der Waals surface area contributed by atoms with Gasteiger partial charge in [-0.05, 0) is 31.0 Å². The lowest BCUT2D eigenvalue weighted by molar-refractivity contribution is -0.140. The standard InChI is InChI=1S/C19H23Cl2N3O3/c1-2-17(25)22-7-3-8-23(11-10-22)18(26)14-6-9-24(19(14)27)13-4-5-15(20)16(21)12-13/h4-5,12,14H,2-3,6-11H2,1H3. The van der Waals surface area contributed by atoms with E-state index in [0.717, 1.165) is 6.42 Å². The first-order chi connectivity index (χ1) is 12.9. The minimum absolute atomic E-state index is 0.104. The van der Waals surface area contributed by atoms with Crippen molar-refractivity contribution in [2.75, 3.05) is 37.6 Å². The molecule has 1 aromatic rings. The molecule has 2 fully saturated rings. The first kappa shape index (κ1) is 20.0. The predicted molar refractivity (Wildman–Crippen MR) is 105 cm³/mol. The Morgan fingerprint density at radius 3 is 2.44 bits per heavy atom. The highest BCUT2D eigenvalue weighted by Gasteiger charge is 2.40. The van der Waals surface area contributed by atoms with Crippen LogP contribution in [0.3, 0.4) is 0 Å². The molecule has 2 heterocycles. The average molecular weight is 412 g/mol. The molecule has 0 radical (unpaired) electrons. The summed E-state index contributed by atoms with van der Waals surface area (Å²) in [5, 5.41) is 0.806. The first-order valence-corrected chi connectivity index (χ1v) is 10.0. The summed E-state index contributed by atoms with van der Waals surface area (Å²) in [6, 6.07) is 5.03. The minimum Gasteiger partial charge on any atom is -0.341 e. The van der Waals surface area contributed by atoms with E-state index in [2.05, 4.69) is 0 Å². The second kappa shape index (κ2) is 8.48. The summed E-state index contributed by atoms with van der Waals surface area (Å²) in [5.74, 6) is -0.919. The number of halogens is 2. The maximum Gasteiger partial charge on any atom is 0.239 e. The fourth-order valence-corrected chi connectivity index (χ4v) is 3.94. The molecule has 0 aliphatic carbocycles. The van der Waals surface area contributed by atoms with Crippen molar-refractivity contribution in [3.05, 3.63) is 28.2 Å². The van der Waals surface area contributed by atoms with Crippen LogP contribution in [-0.2, 0) is 14.4 Å². The van der Waals surface area contributed by atoms with Crippen molar-refractivity contribution >= 4 is 46.6 Å². The second-order valence-electron chi connectivity index (χ2n) is 6.84. The van der Waals surface area contributed by atoms with Gasteiger partial charge in [-0.15, -0.1) is 0 Å². The normalized spacial score (nSPS) is 20.8. The Morgan fingerprint density at radius 1 is 1.04 bits per heavy atom. The Balaban J connectivity index is 1.66. The van der Waals surface area contributed by atoms with Gasteiger partial charge in [-0.3, -0.25) is 14.4 Å². The fraction of sp³-hybridized carbons (Fsp3) is 0.526. The van der Waals surface area contributed by atoms with Crippen LogP contribution >= 0.6 is 23.2 Å². The summed E-state index contributed by atoms with van der Waals surface area (Å²) >= 11 is 12.0. The molecule has 146 valence electrons.